The summed E-state index contributed by atoms with van der Waals surface area (Å²) >= 11 is 0. The topological polar surface area (TPSA) is 41.1 Å². The van der Waals surface area contributed by atoms with Crippen LogP contribution in [-0.2, 0) is 0 Å². The number of anilines is 1. The van der Waals surface area contributed by atoms with Gasteiger partial charge in [0.05, 0.1) is 18.4 Å². The van der Waals surface area contributed by atoms with E-state index in [1.165, 1.54) is 12.4 Å². The highest BCUT2D eigenvalue weighted by molar-refractivity contribution is 5.30. The number of aromatic nitrogens is 2. The zero-order valence-corrected chi connectivity index (χ0v) is 7.37. The molecule has 1 aromatic rings. The number of halogens is 1. The Bertz CT molecular complexity index is 283. The smallest absolute Gasteiger partial charge is 0.225 e. The van der Waals surface area contributed by atoms with E-state index in [2.05, 4.69) is 15.3 Å². The molecule has 0 amide bonds. The lowest BCUT2D eigenvalue weighted by Gasteiger charge is -2.35. The molecule has 0 bridgehead atoms. The molecule has 0 unspecified atom stereocenters. The van der Waals surface area contributed by atoms with Crippen LogP contribution in [0.5, 0.6) is 0 Å². The molecule has 4 nitrogen and oxygen atoms in total. The minimum absolute atomic E-state index is 0.399. The highest BCUT2D eigenvalue weighted by Crippen LogP contribution is 2.10. The van der Waals surface area contributed by atoms with Crippen LogP contribution >= 0.6 is 0 Å². The second kappa shape index (κ2) is 3.26. The lowest BCUT2D eigenvalue weighted by Crippen LogP contribution is -2.56. The predicted molar refractivity (Wildman–Crippen MR) is 47.1 cm³/mol. The van der Waals surface area contributed by atoms with Gasteiger partial charge in [-0.2, -0.15) is 0 Å². The molecule has 1 aliphatic heterocycles. The third-order valence-electron chi connectivity index (χ3n) is 2.23. The zero-order valence-electron chi connectivity index (χ0n) is 7.37. The molecular weight excluding hydrogens is 171 g/mol. The fourth-order valence-corrected chi connectivity index (χ4v) is 1.20. The molecule has 0 saturated carbocycles. The van der Waals surface area contributed by atoms with Crippen LogP contribution in [0.4, 0.5) is 10.3 Å². The van der Waals surface area contributed by atoms with Gasteiger partial charge in [0.1, 0.15) is 0 Å². The van der Waals surface area contributed by atoms with Gasteiger partial charge >= 0.3 is 0 Å². The molecule has 70 valence electrons. The number of likely N-dealkylation sites (N-methyl/N-ethyl adjacent to an activating group) is 1. The third kappa shape index (κ3) is 1.60. The van der Waals surface area contributed by atoms with E-state index in [1.54, 1.807) is 0 Å². The number of nitrogens with one attached hydrogen (secondary N) is 1. The van der Waals surface area contributed by atoms with Crippen molar-refractivity contribution in [3.05, 3.63) is 18.2 Å². The third-order valence-corrected chi connectivity index (χ3v) is 2.23. The van der Waals surface area contributed by atoms with Gasteiger partial charge in [-0.3, -0.25) is 0 Å². The molecular formula is C8H11FN4. The maximum absolute atomic E-state index is 12.5. The van der Waals surface area contributed by atoms with Crippen LogP contribution in [0, 0.1) is 5.82 Å². The van der Waals surface area contributed by atoms with Crippen molar-refractivity contribution in [1.29, 1.82) is 0 Å². The molecule has 1 saturated heterocycles. The maximum atomic E-state index is 12.5. The number of hydrogen-bond donors (Lipinski definition) is 1. The van der Waals surface area contributed by atoms with Gasteiger partial charge in [0.25, 0.3) is 0 Å². The van der Waals surface area contributed by atoms with Crippen molar-refractivity contribution in [3.63, 3.8) is 0 Å². The highest BCUT2D eigenvalue weighted by atomic mass is 19.1. The Morgan fingerprint density at radius 1 is 1.46 bits per heavy atom. The Hall–Kier alpha value is -1.23. The Balaban J connectivity index is 2.10. The van der Waals surface area contributed by atoms with E-state index >= 15 is 0 Å². The maximum Gasteiger partial charge on any atom is 0.225 e. The Labute approximate surface area is 75.8 Å². The van der Waals surface area contributed by atoms with Gasteiger partial charge in [-0.25, -0.2) is 14.4 Å². The summed E-state index contributed by atoms with van der Waals surface area (Å²) in [5, 5.41) is 3.15. The standard InChI is InChI=1S/C8H11FN4/c1-13(7-4-10-5-7)8-11-2-6(9)3-12-8/h2-3,7,10H,4-5H2,1H3. The van der Waals surface area contributed by atoms with Gasteiger partial charge in [0, 0.05) is 20.1 Å². The van der Waals surface area contributed by atoms with Gasteiger partial charge in [-0.05, 0) is 0 Å². The number of rotatable bonds is 2. The Morgan fingerprint density at radius 3 is 2.54 bits per heavy atom. The molecule has 0 atom stereocenters. The highest BCUT2D eigenvalue weighted by Gasteiger charge is 2.22. The van der Waals surface area contributed by atoms with Crippen LogP contribution in [0.3, 0.4) is 0 Å². The van der Waals surface area contributed by atoms with Gasteiger partial charge < -0.3 is 10.2 Å². The SMILES string of the molecule is CN(c1ncc(F)cn1)C1CNC1. The summed E-state index contributed by atoms with van der Waals surface area (Å²) in [4.78, 5) is 9.74. The van der Waals surface area contributed by atoms with Crippen LogP contribution in [0.15, 0.2) is 12.4 Å². The summed E-state index contributed by atoms with van der Waals surface area (Å²) < 4.78 is 12.5. The number of nitrogens with zero attached hydrogens (tertiary/aromatic N) is 3. The van der Waals surface area contributed by atoms with Crippen molar-refractivity contribution in [2.45, 2.75) is 6.04 Å². The summed E-state index contributed by atoms with van der Waals surface area (Å²) in [5.74, 6) is 0.178. The first-order valence-electron chi connectivity index (χ1n) is 4.18. The molecule has 1 aliphatic rings. The van der Waals surface area contributed by atoms with E-state index in [-0.39, 0.29) is 0 Å². The van der Waals surface area contributed by atoms with Gasteiger partial charge in [-0.15, -0.1) is 0 Å². The summed E-state index contributed by atoms with van der Waals surface area (Å²) in [5.41, 5.74) is 0. The average Bonchev–Trinajstić information content (AvgIpc) is 2.02. The average molecular weight is 182 g/mol. The minimum Gasteiger partial charge on any atom is -0.338 e. The van der Waals surface area contributed by atoms with E-state index in [4.69, 9.17) is 0 Å². The lowest BCUT2D eigenvalue weighted by atomic mass is 10.1. The van der Waals surface area contributed by atoms with E-state index in [0.717, 1.165) is 13.1 Å². The largest absolute Gasteiger partial charge is 0.338 e. The predicted octanol–water partition coefficient (Wildman–Crippen LogP) is 0.0237. The zero-order chi connectivity index (χ0) is 9.26. The van der Waals surface area contributed by atoms with Gasteiger partial charge in [0.2, 0.25) is 5.95 Å². The normalized spacial score (nSPS) is 16.8. The van der Waals surface area contributed by atoms with Crippen molar-refractivity contribution < 1.29 is 4.39 Å². The van der Waals surface area contributed by atoms with E-state index in [0.29, 0.717) is 12.0 Å². The molecule has 5 heteroatoms. The Kier molecular flexibility index (Phi) is 2.10. The first-order valence-corrected chi connectivity index (χ1v) is 4.18. The summed E-state index contributed by atoms with van der Waals surface area (Å²) in [6.07, 6.45) is 2.37. The monoisotopic (exact) mass is 182 g/mol. The summed E-state index contributed by atoms with van der Waals surface area (Å²) in [6, 6.07) is 0.436. The number of hydrogen-bond acceptors (Lipinski definition) is 4. The molecule has 1 aromatic heterocycles. The molecule has 1 N–H and O–H groups in total. The second-order valence-electron chi connectivity index (χ2n) is 3.12. The first-order chi connectivity index (χ1) is 6.27. The van der Waals surface area contributed by atoms with Crippen LogP contribution < -0.4 is 10.2 Å². The Morgan fingerprint density at radius 2 is 2.08 bits per heavy atom. The molecule has 0 aliphatic carbocycles. The first kappa shape index (κ1) is 8.37. The lowest BCUT2D eigenvalue weighted by molar-refractivity contribution is 0.424. The van der Waals surface area contributed by atoms with Crippen LogP contribution in [0.25, 0.3) is 0 Å². The molecule has 2 heterocycles. The molecule has 2 rings (SSSR count). The molecule has 1 fully saturated rings. The molecule has 0 aromatic carbocycles. The molecule has 13 heavy (non-hydrogen) atoms. The minimum atomic E-state index is -0.399. The van der Waals surface area contributed by atoms with E-state index in [9.17, 15) is 4.39 Å². The van der Waals surface area contributed by atoms with E-state index < -0.39 is 5.82 Å². The van der Waals surface area contributed by atoms with Crippen molar-refractivity contribution >= 4 is 5.95 Å². The fourth-order valence-electron chi connectivity index (χ4n) is 1.20. The van der Waals surface area contributed by atoms with Crippen LogP contribution in [0.2, 0.25) is 0 Å². The van der Waals surface area contributed by atoms with Crippen molar-refractivity contribution in [2.24, 2.45) is 0 Å². The van der Waals surface area contributed by atoms with Crippen molar-refractivity contribution in [2.75, 3.05) is 25.0 Å². The van der Waals surface area contributed by atoms with E-state index in [1.807, 2.05) is 11.9 Å². The van der Waals surface area contributed by atoms with Crippen molar-refractivity contribution in [1.82, 2.24) is 15.3 Å². The summed E-state index contributed by atoms with van der Waals surface area (Å²) in [7, 11) is 1.92. The van der Waals surface area contributed by atoms with Gasteiger partial charge in [-0.1, -0.05) is 0 Å². The molecule has 0 spiro atoms. The van der Waals surface area contributed by atoms with Crippen molar-refractivity contribution in [3.8, 4) is 0 Å². The van der Waals surface area contributed by atoms with Gasteiger partial charge in [0.15, 0.2) is 5.82 Å². The quantitative estimate of drug-likeness (QED) is 0.700. The van der Waals surface area contributed by atoms with Crippen LogP contribution in [0.1, 0.15) is 0 Å². The van der Waals surface area contributed by atoms with Crippen LogP contribution in [-0.4, -0.2) is 36.1 Å². The summed E-state index contributed by atoms with van der Waals surface area (Å²) in [6.45, 7) is 1.88. The fraction of sp³-hybridized carbons (Fsp3) is 0.500. The molecule has 0 radical (unpaired) electrons. The second-order valence-corrected chi connectivity index (χ2v) is 3.12.